The number of tetrazole rings is 1. The Morgan fingerprint density at radius 2 is 2.16 bits per heavy atom. The molecule has 102 valence electrons. The summed E-state index contributed by atoms with van der Waals surface area (Å²) in [5.74, 6) is -0.258. The molecule has 0 saturated heterocycles. The average molecular weight is 285 g/mol. The molecule has 0 aliphatic carbocycles. The number of aryl methyl sites for hydroxylation is 1. The van der Waals surface area contributed by atoms with Crippen molar-refractivity contribution < 1.29 is 12.8 Å². The van der Waals surface area contributed by atoms with Crippen LogP contribution in [0.15, 0.2) is 23.1 Å². The molecule has 1 unspecified atom stereocenters. The average Bonchev–Trinajstić information content (AvgIpc) is 2.80. The third-order valence-corrected chi connectivity index (χ3v) is 4.21. The van der Waals surface area contributed by atoms with E-state index in [1.165, 1.54) is 13.0 Å². The topological polar surface area (TPSA) is 101 Å². The Morgan fingerprint density at radius 3 is 2.74 bits per heavy atom. The van der Waals surface area contributed by atoms with Gasteiger partial charge in [-0.2, -0.15) is 5.21 Å². The van der Waals surface area contributed by atoms with Crippen molar-refractivity contribution in [2.75, 3.05) is 0 Å². The van der Waals surface area contributed by atoms with Crippen molar-refractivity contribution in [3.05, 3.63) is 35.4 Å². The quantitative estimate of drug-likeness (QED) is 0.860. The highest BCUT2D eigenvalue weighted by atomic mass is 32.2. The van der Waals surface area contributed by atoms with Crippen molar-refractivity contribution in [2.24, 2.45) is 0 Å². The number of aromatic amines is 1. The molecular formula is C10H12FN5O2S. The van der Waals surface area contributed by atoms with E-state index in [9.17, 15) is 12.8 Å². The molecule has 9 heteroatoms. The van der Waals surface area contributed by atoms with Crippen LogP contribution in [0.2, 0.25) is 0 Å². The molecule has 0 aliphatic rings. The maximum absolute atomic E-state index is 13.0. The number of sulfonamides is 1. The lowest BCUT2D eigenvalue weighted by Crippen LogP contribution is -2.28. The van der Waals surface area contributed by atoms with Gasteiger partial charge >= 0.3 is 0 Å². The standard InChI is InChI=1S/C10H12FN5O2S/c1-6-5-8(11)3-4-9(6)19(17,18)14-7(2)10-12-15-16-13-10/h3-5,7,14H,1-2H3,(H,12,13,15,16). The minimum absolute atomic E-state index is 0.0178. The Bertz CT molecular complexity index is 671. The maximum Gasteiger partial charge on any atom is 0.241 e. The Hall–Kier alpha value is -1.87. The molecule has 0 amide bonds. The van der Waals surface area contributed by atoms with Crippen LogP contribution in [0, 0.1) is 12.7 Å². The van der Waals surface area contributed by atoms with E-state index in [0.29, 0.717) is 5.56 Å². The first kappa shape index (κ1) is 13.6. The van der Waals surface area contributed by atoms with Gasteiger partial charge in [0.15, 0.2) is 5.82 Å². The fraction of sp³-hybridized carbons (Fsp3) is 0.300. The van der Waals surface area contributed by atoms with Crippen molar-refractivity contribution >= 4 is 10.0 Å². The number of nitrogens with zero attached hydrogens (tertiary/aromatic N) is 3. The van der Waals surface area contributed by atoms with Crippen molar-refractivity contribution in [3.8, 4) is 0 Å². The molecule has 0 fully saturated rings. The summed E-state index contributed by atoms with van der Waals surface area (Å²) in [6.07, 6.45) is 0. The second-order valence-corrected chi connectivity index (χ2v) is 5.71. The monoisotopic (exact) mass is 285 g/mol. The van der Waals surface area contributed by atoms with Gasteiger partial charge in [0, 0.05) is 0 Å². The molecule has 1 aromatic carbocycles. The molecule has 7 nitrogen and oxygen atoms in total. The molecule has 0 saturated carbocycles. The summed E-state index contributed by atoms with van der Waals surface area (Å²) in [6.45, 7) is 3.11. The minimum atomic E-state index is -3.77. The summed E-state index contributed by atoms with van der Waals surface area (Å²) < 4.78 is 39.7. The van der Waals surface area contributed by atoms with Crippen LogP contribution in [0.1, 0.15) is 24.4 Å². The number of H-pyrrole nitrogens is 1. The fourth-order valence-electron chi connectivity index (χ4n) is 1.62. The molecule has 1 heterocycles. The molecule has 0 aliphatic heterocycles. The fourth-order valence-corrected chi connectivity index (χ4v) is 3.04. The zero-order valence-electron chi connectivity index (χ0n) is 10.3. The highest BCUT2D eigenvalue weighted by molar-refractivity contribution is 7.89. The summed E-state index contributed by atoms with van der Waals surface area (Å²) in [6, 6.07) is 2.83. The lowest BCUT2D eigenvalue weighted by atomic mass is 10.2. The first-order valence-electron chi connectivity index (χ1n) is 5.42. The largest absolute Gasteiger partial charge is 0.241 e. The van der Waals surface area contributed by atoms with Crippen LogP contribution in [0.4, 0.5) is 4.39 Å². The van der Waals surface area contributed by atoms with E-state index in [0.717, 1.165) is 12.1 Å². The normalized spacial score (nSPS) is 13.4. The van der Waals surface area contributed by atoms with Crippen LogP contribution in [-0.2, 0) is 10.0 Å². The van der Waals surface area contributed by atoms with Gasteiger partial charge in [-0.1, -0.05) is 5.21 Å². The number of aromatic nitrogens is 4. The lowest BCUT2D eigenvalue weighted by molar-refractivity contribution is 0.558. The highest BCUT2D eigenvalue weighted by Gasteiger charge is 2.22. The molecule has 0 spiro atoms. The maximum atomic E-state index is 13.0. The number of halogens is 1. The molecule has 1 aromatic heterocycles. The molecule has 19 heavy (non-hydrogen) atoms. The summed E-state index contributed by atoms with van der Waals surface area (Å²) in [7, 11) is -3.77. The van der Waals surface area contributed by atoms with Crippen LogP contribution in [0.25, 0.3) is 0 Å². The predicted molar refractivity (Wildman–Crippen MR) is 64.1 cm³/mol. The first-order chi connectivity index (χ1) is 8.90. The van der Waals surface area contributed by atoms with Gasteiger partial charge in [0.05, 0.1) is 10.9 Å². The molecular weight excluding hydrogens is 273 g/mol. The van der Waals surface area contributed by atoms with Gasteiger partial charge in [-0.25, -0.2) is 17.5 Å². The van der Waals surface area contributed by atoms with E-state index < -0.39 is 21.9 Å². The van der Waals surface area contributed by atoms with Gasteiger partial charge in [0.2, 0.25) is 10.0 Å². The Labute approximate surface area is 109 Å². The minimum Gasteiger partial charge on any atom is -0.207 e. The summed E-state index contributed by atoms with van der Waals surface area (Å²) >= 11 is 0. The van der Waals surface area contributed by atoms with E-state index in [4.69, 9.17) is 0 Å². The molecule has 2 N–H and O–H groups in total. The van der Waals surface area contributed by atoms with Crippen molar-refractivity contribution in [2.45, 2.75) is 24.8 Å². The number of hydrogen-bond donors (Lipinski definition) is 2. The van der Waals surface area contributed by atoms with Crippen molar-refractivity contribution in [1.29, 1.82) is 0 Å². The summed E-state index contributed by atoms with van der Waals surface area (Å²) in [5.41, 5.74) is 0.327. The van der Waals surface area contributed by atoms with E-state index in [2.05, 4.69) is 25.3 Å². The third kappa shape index (κ3) is 2.93. The predicted octanol–water partition coefficient (Wildman–Crippen LogP) is 0.687. The van der Waals surface area contributed by atoms with Gasteiger partial charge in [-0.3, -0.25) is 0 Å². The molecule has 0 radical (unpaired) electrons. The van der Waals surface area contributed by atoms with Crippen LogP contribution in [0.5, 0.6) is 0 Å². The van der Waals surface area contributed by atoms with Crippen LogP contribution in [-0.4, -0.2) is 29.0 Å². The first-order valence-corrected chi connectivity index (χ1v) is 6.90. The second-order valence-electron chi connectivity index (χ2n) is 4.02. The van der Waals surface area contributed by atoms with Crippen LogP contribution >= 0.6 is 0 Å². The third-order valence-electron chi connectivity index (χ3n) is 2.51. The summed E-state index contributed by atoms with van der Waals surface area (Å²) in [5, 5.41) is 13.0. The van der Waals surface area contributed by atoms with Crippen LogP contribution in [0.3, 0.4) is 0 Å². The number of benzene rings is 1. The lowest BCUT2D eigenvalue weighted by Gasteiger charge is -2.12. The Balaban J connectivity index is 2.28. The van der Waals surface area contributed by atoms with Gasteiger partial charge in [0.25, 0.3) is 0 Å². The van der Waals surface area contributed by atoms with E-state index in [1.807, 2.05) is 0 Å². The highest BCUT2D eigenvalue weighted by Crippen LogP contribution is 2.18. The van der Waals surface area contributed by atoms with Crippen molar-refractivity contribution in [3.63, 3.8) is 0 Å². The smallest absolute Gasteiger partial charge is 0.207 e. The zero-order valence-corrected chi connectivity index (χ0v) is 11.1. The van der Waals surface area contributed by atoms with E-state index in [1.54, 1.807) is 6.92 Å². The van der Waals surface area contributed by atoms with Crippen LogP contribution < -0.4 is 4.72 Å². The molecule has 2 aromatic rings. The molecule has 0 bridgehead atoms. The number of rotatable bonds is 4. The Morgan fingerprint density at radius 1 is 1.42 bits per heavy atom. The van der Waals surface area contributed by atoms with E-state index >= 15 is 0 Å². The zero-order chi connectivity index (χ0) is 14.0. The van der Waals surface area contributed by atoms with E-state index in [-0.39, 0.29) is 10.7 Å². The Kier molecular flexibility index (Phi) is 3.58. The summed E-state index contributed by atoms with van der Waals surface area (Å²) in [4.78, 5) is 0.0178. The molecule has 1 atom stereocenters. The number of hydrogen-bond acceptors (Lipinski definition) is 5. The molecule has 2 rings (SSSR count). The van der Waals surface area contributed by atoms with Gasteiger partial charge in [0.1, 0.15) is 5.82 Å². The van der Waals surface area contributed by atoms with Gasteiger partial charge in [-0.15, -0.1) is 10.2 Å². The van der Waals surface area contributed by atoms with Gasteiger partial charge < -0.3 is 0 Å². The second kappa shape index (κ2) is 5.02. The van der Waals surface area contributed by atoms with Gasteiger partial charge in [-0.05, 0) is 37.6 Å². The number of nitrogens with one attached hydrogen (secondary N) is 2. The SMILES string of the molecule is Cc1cc(F)ccc1S(=O)(=O)NC(C)c1nn[nH]n1. The van der Waals surface area contributed by atoms with Crippen molar-refractivity contribution in [1.82, 2.24) is 25.3 Å².